The number of halogens is 3. The highest BCUT2D eigenvalue weighted by Gasteiger charge is 2.14. The smallest absolute Gasteiger partial charge is 0.240 e. The van der Waals surface area contributed by atoms with Crippen LogP contribution in [0, 0.1) is 0 Å². The Morgan fingerprint density at radius 2 is 2.21 bits per heavy atom. The lowest BCUT2D eigenvalue weighted by atomic mass is 10.3. The SMILES string of the molecule is COc1cc(Br)c(Cl)c(Br)c1N=C=O. The lowest BCUT2D eigenvalue weighted by Crippen LogP contribution is -1.86. The monoisotopic (exact) mass is 339 g/mol. The highest BCUT2D eigenvalue weighted by atomic mass is 79.9. The van der Waals surface area contributed by atoms with Crippen LogP contribution >= 0.6 is 43.5 Å². The van der Waals surface area contributed by atoms with Crippen molar-refractivity contribution in [2.75, 3.05) is 7.11 Å². The van der Waals surface area contributed by atoms with Crippen LogP contribution < -0.4 is 4.74 Å². The molecule has 0 spiro atoms. The van der Waals surface area contributed by atoms with Gasteiger partial charge in [0.25, 0.3) is 0 Å². The number of carbonyl (C=O) groups excluding carboxylic acids is 1. The van der Waals surface area contributed by atoms with Gasteiger partial charge in [0.15, 0.2) is 0 Å². The summed E-state index contributed by atoms with van der Waals surface area (Å²) in [5, 5.41) is 0.430. The second-order valence-corrected chi connectivity index (χ2v) is 4.27. The molecule has 0 bridgehead atoms. The van der Waals surface area contributed by atoms with E-state index in [-0.39, 0.29) is 0 Å². The maximum Gasteiger partial charge on any atom is 0.240 e. The predicted molar refractivity (Wildman–Crippen MR) is 61.2 cm³/mol. The Bertz CT molecular complexity index is 416. The maximum atomic E-state index is 10.2. The Morgan fingerprint density at radius 3 is 2.71 bits per heavy atom. The van der Waals surface area contributed by atoms with E-state index in [1.165, 1.54) is 13.2 Å². The molecule has 3 nitrogen and oxygen atoms in total. The minimum Gasteiger partial charge on any atom is -0.494 e. The van der Waals surface area contributed by atoms with E-state index in [9.17, 15) is 4.79 Å². The number of benzene rings is 1. The van der Waals surface area contributed by atoms with Gasteiger partial charge in [0, 0.05) is 4.47 Å². The van der Waals surface area contributed by atoms with Gasteiger partial charge in [-0.1, -0.05) is 11.6 Å². The summed E-state index contributed by atoms with van der Waals surface area (Å²) in [6.07, 6.45) is 1.44. The van der Waals surface area contributed by atoms with E-state index in [4.69, 9.17) is 16.3 Å². The van der Waals surface area contributed by atoms with Crippen LogP contribution in [0.4, 0.5) is 5.69 Å². The van der Waals surface area contributed by atoms with E-state index in [1.54, 1.807) is 6.07 Å². The third kappa shape index (κ3) is 2.17. The molecule has 0 amide bonds. The molecule has 6 heteroatoms. The predicted octanol–water partition coefficient (Wildman–Crippen LogP) is 3.84. The Kier molecular flexibility index (Phi) is 4.13. The van der Waals surface area contributed by atoms with Crippen molar-refractivity contribution in [3.63, 3.8) is 0 Å². The molecule has 14 heavy (non-hydrogen) atoms. The molecule has 0 aromatic heterocycles. The number of hydrogen-bond donors (Lipinski definition) is 0. The third-order valence-electron chi connectivity index (χ3n) is 1.48. The minimum atomic E-state index is 0.329. The first-order valence-corrected chi connectivity index (χ1v) is 5.37. The largest absolute Gasteiger partial charge is 0.494 e. The average Bonchev–Trinajstić information content (AvgIpc) is 2.19. The van der Waals surface area contributed by atoms with Crippen LogP contribution in [0.15, 0.2) is 20.0 Å². The van der Waals surface area contributed by atoms with Crippen molar-refractivity contribution < 1.29 is 9.53 Å². The molecule has 0 aliphatic carbocycles. The Morgan fingerprint density at radius 1 is 1.57 bits per heavy atom. The molecular weight excluding hydrogens is 337 g/mol. The normalized spacial score (nSPS) is 9.43. The van der Waals surface area contributed by atoms with Crippen LogP contribution in [0.5, 0.6) is 5.75 Å². The number of rotatable bonds is 2. The first kappa shape index (κ1) is 11.7. The summed E-state index contributed by atoms with van der Waals surface area (Å²) in [6.45, 7) is 0. The van der Waals surface area contributed by atoms with Crippen LogP contribution in [0.3, 0.4) is 0 Å². The van der Waals surface area contributed by atoms with Crippen LogP contribution in [-0.2, 0) is 4.79 Å². The fourth-order valence-corrected chi connectivity index (χ4v) is 2.18. The van der Waals surface area contributed by atoms with E-state index in [2.05, 4.69) is 36.9 Å². The van der Waals surface area contributed by atoms with E-state index < -0.39 is 0 Å². The fourth-order valence-electron chi connectivity index (χ4n) is 0.869. The summed E-state index contributed by atoms with van der Waals surface area (Å²) in [5.41, 5.74) is 0.329. The van der Waals surface area contributed by atoms with Crippen LogP contribution in [0.2, 0.25) is 5.02 Å². The summed E-state index contributed by atoms with van der Waals surface area (Å²) < 4.78 is 6.18. The summed E-state index contributed by atoms with van der Waals surface area (Å²) in [7, 11) is 1.48. The van der Waals surface area contributed by atoms with Gasteiger partial charge < -0.3 is 4.74 Å². The summed E-state index contributed by atoms with van der Waals surface area (Å²) >= 11 is 12.4. The van der Waals surface area contributed by atoms with E-state index in [0.29, 0.717) is 25.4 Å². The van der Waals surface area contributed by atoms with Gasteiger partial charge in [-0.25, -0.2) is 4.79 Å². The molecule has 1 rings (SSSR count). The Hall–Kier alpha value is -0.350. The van der Waals surface area contributed by atoms with E-state index in [0.717, 1.165) is 0 Å². The molecule has 0 heterocycles. The molecule has 0 radical (unpaired) electrons. The van der Waals surface area contributed by atoms with Gasteiger partial charge in [0.1, 0.15) is 11.4 Å². The van der Waals surface area contributed by atoms with Crippen molar-refractivity contribution in [3.8, 4) is 5.75 Å². The number of isocyanates is 1. The molecular formula is C8H4Br2ClNO2. The van der Waals surface area contributed by atoms with Gasteiger partial charge in [-0.2, -0.15) is 4.99 Å². The molecule has 0 saturated heterocycles. The molecule has 0 saturated carbocycles. The first-order chi connectivity index (χ1) is 6.61. The number of hydrogen-bond acceptors (Lipinski definition) is 3. The number of ether oxygens (including phenoxy) is 1. The number of aliphatic imine (C=N–C) groups is 1. The van der Waals surface area contributed by atoms with Gasteiger partial charge in [-0.15, -0.1) is 0 Å². The third-order valence-corrected chi connectivity index (χ3v) is 3.73. The van der Waals surface area contributed by atoms with Gasteiger partial charge in [0.05, 0.1) is 16.6 Å². The lowest BCUT2D eigenvalue weighted by Gasteiger charge is -2.08. The van der Waals surface area contributed by atoms with Gasteiger partial charge in [-0.3, -0.25) is 0 Å². The van der Waals surface area contributed by atoms with E-state index >= 15 is 0 Å². The zero-order chi connectivity index (χ0) is 10.7. The van der Waals surface area contributed by atoms with Crippen LogP contribution in [0.25, 0.3) is 0 Å². The first-order valence-electron chi connectivity index (χ1n) is 3.41. The molecule has 74 valence electrons. The standard InChI is InChI=1S/C8H4Br2ClNO2/c1-14-5-2-4(9)7(11)6(10)8(5)12-3-13/h2H,1H3. The van der Waals surface area contributed by atoms with Gasteiger partial charge in [-0.05, 0) is 37.9 Å². The lowest BCUT2D eigenvalue weighted by molar-refractivity contribution is 0.415. The van der Waals surface area contributed by atoms with Gasteiger partial charge >= 0.3 is 0 Å². The van der Waals surface area contributed by atoms with Crippen LogP contribution in [-0.4, -0.2) is 13.2 Å². The summed E-state index contributed by atoms with van der Waals surface area (Å²) in [5.74, 6) is 0.441. The van der Waals surface area contributed by atoms with Crippen molar-refractivity contribution in [2.24, 2.45) is 4.99 Å². The quantitative estimate of drug-likeness (QED) is 0.466. The second kappa shape index (κ2) is 4.94. The maximum absolute atomic E-state index is 10.2. The molecule has 0 aliphatic rings. The average molecular weight is 341 g/mol. The molecule has 0 atom stereocenters. The molecule has 0 N–H and O–H groups in total. The summed E-state index contributed by atoms with van der Waals surface area (Å²) in [6, 6.07) is 1.63. The van der Waals surface area contributed by atoms with Crippen molar-refractivity contribution in [2.45, 2.75) is 0 Å². The van der Waals surface area contributed by atoms with Gasteiger partial charge in [0.2, 0.25) is 6.08 Å². The Labute approximate surface area is 102 Å². The zero-order valence-corrected chi connectivity index (χ0v) is 10.9. The van der Waals surface area contributed by atoms with Crippen LogP contribution in [0.1, 0.15) is 0 Å². The van der Waals surface area contributed by atoms with E-state index in [1.807, 2.05) is 0 Å². The van der Waals surface area contributed by atoms with Crippen molar-refractivity contribution in [1.82, 2.24) is 0 Å². The molecule has 0 fully saturated rings. The Balaban J connectivity index is 3.52. The minimum absolute atomic E-state index is 0.329. The molecule has 0 unspecified atom stereocenters. The van der Waals surface area contributed by atoms with Crippen molar-refractivity contribution >= 4 is 55.2 Å². The molecule has 1 aromatic carbocycles. The van der Waals surface area contributed by atoms with Crippen molar-refractivity contribution in [1.29, 1.82) is 0 Å². The number of nitrogens with zero attached hydrogens (tertiary/aromatic N) is 1. The molecule has 0 aliphatic heterocycles. The number of methoxy groups -OCH3 is 1. The fraction of sp³-hybridized carbons (Fsp3) is 0.125. The topological polar surface area (TPSA) is 38.7 Å². The second-order valence-electron chi connectivity index (χ2n) is 2.24. The van der Waals surface area contributed by atoms with Crippen molar-refractivity contribution in [3.05, 3.63) is 20.0 Å². The highest BCUT2D eigenvalue weighted by Crippen LogP contribution is 2.44. The zero-order valence-electron chi connectivity index (χ0n) is 6.97. The molecule has 1 aromatic rings. The highest BCUT2D eigenvalue weighted by molar-refractivity contribution is 9.11. The summed E-state index contributed by atoms with van der Waals surface area (Å²) in [4.78, 5) is 13.7.